The van der Waals surface area contributed by atoms with Gasteiger partial charge in [0.15, 0.2) is 0 Å². The average molecular weight is 324 g/mol. The van der Waals surface area contributed by atoms with E-state index in [0.29, 0.717) is 5.82 Å². The van der Waals surface area contributed by atoms with Crippen LogP contribution in [0.1, 0.15) is 32.3 Å². The predicted octanol–water partition coefficient (Wildman–Crippen LogP) is 2.90. The van der Waals surface area contributed by atoms with Crippen molar-refractivity contribution >= 4 is 28.7 Å². The van der Waals surface area contributed by atoms with Crippen molar-refractivity contribution in [1.29, 1.82) is 0 Å². The molecule has 0 saturated heterocycles. The minimum Gasteiger partial charge on any atom is -0.368 e. The first-order valence-electron chi connectivity index (χ1n) is 7.96. The van der Waals surface area contributed by atoms with Gasteiger partial charge >= 0.3 is 0 Å². The van der Waals surface area contributed by atoms with Gasteiger partial charge in [-0.25, -0.2) is 15.0 Å². The van der Waals surface area contributed by atoms with E-state index in [1.54, 1.807) is 6.20 Å². The van der Waals surface area contributed by atoms with Crippen LogP contribution in [0.3, 0.4) is 0 Å². The van der Waals surface area contributed by atoms with Crippen molar-refractivity contribution in [2.24, 2.45) is 0 Å². The third-order valence-corrected chi connectivity index (χ3v) is 3.78. The number of hydrogen-bond donors (Lipinski definition) is 3. The van der Waals surface area contributed by atoms with E-state index in [0.717, 1.165) is 47.1 Å². The molecule has 4 N–H and O–H groups in total. The zero-order valence-electron chi connectivity index (χ0n) is 13.8. The lowest BCUT2D eigenvalue weighted by molar-refractivity contribution is -0.114. The molecule has 0 saturated carbocycles. The number of unbranched alkanes of at least 4 members (excludes halogenated alkanes) is 1. The third-order valence-electron chi connectivity index (χ3n) is 3.78. The highest BCUT2D eigenvalue weighted by atomic mass is 16.1. The fourth-order valence-corrected chi connectivity index (χ4v) is 2.75. The van der Waals surface area contributed by atoms with Crippen molar-refractivity contribution in [1.82, 2.24) is 19.9 Å². The van der Waals surface area contributed by atoms with Crippen LogP contribution in [0.4, 0.5) is 11.8 Å². The van der Waals surface area contributed by atoms with Crippen molar-refractivity contribution in [3.05, 3.63) is 30.1 Å². The molecule has 0 spiro atoms. The van der Waals surface area contributed by atoms with Crippen molar-refractivity contribution in [3.8, 4) is 11.3 Å². The lowest BCUT2D eigenvalue weighted by Gasteiger charge is -2.09. The molecule has 7 heteroatoms. The fourth-order valence-electron chi connectivity index (χ4n) is 2.75. The van der Waals surface area contributed by atoms with Crippen LogP contribution in [0.5, 0.6) is 0 Å². The molecule has 0 radical (unpaired) electrons. The second-order valence-electron chi connectivity index (χ2n) is 5.68. The van der Waals surface area contributed by atoms with Gasteiger partial charge in [-0.2, -0.15) is 0 Å². The lowest BCUT2D eigenvalue weighted by atomic mass is 10.0. The first-order chi connectivity index (χ1) is 11.6. The molecule has 0 aliphatic carbocycles. The van der Waals surface area contributed by atoms with Crippen LogP contribution < -0.4 is 11.1 Å². The van der Waals surface area contributed by atoms with Crippen LogP contribution in [0, 0.1) is 0 Å². The number of pyridine rings is 1. The van der Waals surface area contributed by atoms with Gasteiger partial charge in [-0.1, -0.05) is 13.3 Å². The number of nitrogens with one attached hydrogen (secondary N) is 2. The summed E-state index contributed by atoms with van der Waals surface area (Å²) >= 11 is 0. The number of H-pyrrole nitrogens is 1. The molecule has 3 heterocycles. The Morgan fingerprint density at radius 1 is 1.38 bits per heavy atom. The average Bonchev–Trinajstić information content (AvgIpc) is 2.96. The summed E-state index contributed by atoms with van der Waals surface area (Å²) in [7, 11) is 0. The van der Waals surface area contributed by atoms with Gasteiger partial charge in [0.1, 0.15) is 11.5 Å². The number of aromatic nitrogens is 4. The van der Waals surface area contributed by atoms with Gasteiger partial charge < -0.3 is 16.0 Å². The van der Waals surface area contributed by atoms with Crippen LogP contribution in [0.2, 0.25) is 0 Å². The quantitative estimate of drug-likeness (QED) is 0.668. The molecule has 3 rings (SSSR count). The van der Waals surface area contributed by atoms with E-state index >= 15 is 0 Å². The standard InChI is InChI=1S/C17H20N6O/c1-3-4-5-11-8-14(21-10(2)24)23-16-15(11)12(9-20-16)13-6-7-19-17(18)22-13/h6-9H,3-5H2,1-2H3,(H2,18,19,22)(H2,20,21,23,24). The number of nitrogens with zero attached hydrogens (tertiary/aromatic N) is 3. The lowest BCUT2D eigenvalue weighted by Crippen LogP contribution is -2.08. The number of rotatable bonds is 5. The number of carbonyl (C=O) groups excluding carboxylic acids is 1. The molecule has 3 aromatic rings. The first kappa shape index (κ1) is 15.9. The van der Waals surface area contributed by atoms with Crippen LogP contribution >= 0.6 is 0 Å². The number of nitrogen functional groups attached to an aromatic ring is 1. The largest absolute Gasteiger partial charge is 0.368 e. The summed E-state index contributed by atoms with van der Waals surface area (Å²) in [6.45, 7) is 3.62. The second-order valence-corrected chi connectivity index (χ2v) is 5.68. The molecule has 0 aliphatic heterocycles. The number of hydrogen-bond acceptors (Lipinski definition) is 5. The van der Waals surface area contributed by atoms with E-state index in [4.69, 9.17) is 5.73 Å². The number of aryl methyl sites for hydroxylation is 1. The molecule has 0 fully saturated rings. The molecule has 24 heavy (non-hydrogen) atoms. The van der Waals surface area contributed by atoms with Crippen molar-refractivity contribution in [3.63, 3.8) is 0 Å². The summed E-state index contributed by atoms with van der Waals surface area (Å²) < 4.78 is 0. The smallest absolute Gasteiger partial charge is 0.222 e. The molecule has 1 amide bonds. The van der Waals surface area contributed by atoms with E-state index in [1.807, 2.05) is 18.3 Å². The fraction of sp³-hybridized carbons (Fsp3) is 0.294. The molecule has 0 unspecified atom stereocenters. The summed E-state index contributed by atoms with van der Waals surface area (Å²) in [6, 6.07) is 3.76. The maximum absolute atomic E-state index is 11.3. The summed E-state index contributed by atoms with van der Waals surface area (Å²) in [5.41, 5.74) is 9.24. The monoisotopic (exact) mass is 324 g/mol. The first-order valence-corrected chi connectivity index (χ1v) is 7.96. The second kappa shape index (κ2) is 6.66. The van der Waals surface area contributed by atoms with Crippen LogP contribution in [0.25, 0.3) is 22.3 Å². The van der Waals surface area contributed by atoms with Crippen molar-refractivity contribution in [2.75, 3.05) is 11.1 Å². The zero-order chi connectivity index (χ0) is 17.1. The Kier molecular flexibility index (Phi) is 4.41. The molecule has 0 bridgehead atoms. The summed E-state index contributed by atoms with van der Waals surface area (Å²) in [6.07, 6.45) is 6.54. The van der Waals surface area contributed by atoms with Crippen LogP contribution in [0.15, 0.2) is 24.5 Å². The molecule has 0 aliphatic rings. The maximum atomic E-state index is 11.3. The van der Waals surface area contributed by atoms with Crippen LogP contribution in [-0.2, 0) is 11.2 Å². The van der Waals surface area contributed by atoms with Gasteiger partial charge in [0.05, 0.1) is 5.69 Å². The number of anilines is 2. The summed E-state index contributed by atoms with van der Waals surface area (Å²) in [5.74, 6) is 0.648. The number of fused-ring (bicyclic) bond motifs is 1. The van der Waals surface area contributed by atoms with Gasteiger partial charge in [0.2, 0.25) is 11.9 Å². The third kappa shape index (κ3) is 3.19. The zero-order valence-corrected chi connectivity index (χ0v) is 13.8. The molecule has 7 nitrogen and oxygen atoms in total. The molecule has 124 valence electrons. The Morgan fingerprint density at radius 2 is 2.21 bits per heavy atom. The highest BCUT2D eigenvalue weighted by Crippen LogP contribution is 2.31. The van der Waals surface area contributed by atoms with Gasteiger partial charge in [-0.05, 0) is 30.5 Å². The topological polar surface area (TPSA) is 110 Å². The molecule has 0 aromatic carbocycles. The van der Waals surface area contributed by atoms with Crippen molar-refractivity contribution in [2.45, 2.75) is 33.1 Å². The van der Waals surface area contributed by atoms with Crippen LogP contribution in [-0.4, -0.2) is 25.8 Å². The Balaban J connectivity index is 2.16. The Bertz CT molecular complexity index is 886. The summed E-state index contributed by atoms with van der Waals surface area (Å²) in [5, 5.41) is 3.77. The minimum atomic E-state index is -0.140. The Hall–Kier alpha value is -2.96. The van der Waals surface area contributed by atoms with E-state index in [-0.39, 0.29) is 11.9 Å². The highest BCUT2D eigenvalue weighted by Gasteiger charge is 2.15. The van der Waals surface area contributed by atoms with Gasteiger partial charge in [-0.3, -0.25) is 4.79 Å². The molecular weight excluding hydrogens is 304 g/mol. The normalized spacial score (nSPS) is 10.9. The molecular formula is C17H20N6O. The van der Waals surface area contributed by atoms with Gasteiger partial charge in [0, 0.05) is 30.3 Å². The summed E-state index contributed by atoms with van der Waals surface area (Å²) in [4.78, 5) is 27.3. The number of carbonyl (C=O) groups is 1. The van der Waals surface area contributed by atoms with E-state index < -0.39 is 0 Å². The Labute approximate surface area is 139 Å². The van der Waals surface area contributed by atoms with E-state index in [1.165, 1.54) is 6.92 Å². The van der Waals surface area contributed by atoms with E-state index in [2.05, 4.69) is 32.2 Å². The maximum Gasteiger partial charge on any atom is 0.222 e. The number of amides is 1. The number of aromatic amines is 1. The Morgan fingerprint density at radius 3 is 2.92 bits per heavy atom. The van der Waals surface area contributed by atoms with Gasteiger partial charge in [-0.15, -0.1) is 0 Å². The minimum absolute atomic E-state index is 0.140. The van der Waals surface area contributed by atoms with Crippen molar-refractivity contribution < 1.29 is 4.79 Å². The van der Waals surface area contributed by atoms with Gasteiger partial charge in [0.25, 0.3) is 0 Å². The SMILES string of the molecule is CCCCc1cc(NC(C)=O)nc2[nH]cc(-c3ccnc(N)n3)c12. The molecule has 3 aromatic heterocycles. The predicted molar refractivity (Wildman–Crippen MR) is 94.4 cm³/mol. The highest BCUT2D eigenvalue weighted by molar-refractivity contribution is 5.97. The number of nitrogens with two attached hydrogens (primary N) is 1. The van der Waals surface area contributed by atoms with E-state index in [9.17, 15) is 4.79 Å². The molecule has 0 atom stereocenters.